The molecule has 25 heavy (non-hydrogen) atoms. The summed E-state index contributed by atoms with van der Waals surface area (Å²) in [4.78, 5) is 18.2. The molecule has 1 aromatic heterocycles. The van der Waals surface area contributed by atoms with Gasteiger partial charge in [0, 0.05) is 24.9 Å². The van der Waals surface area contributed by atoms with Crippen molar-refractivity contribution in [2.24, 2.45) is 5.73 Å². The van der Waals surface area contributed by atoms with Crippen LogP contribution in [0.1, 0.15) is 60.3 Å². The van der Waals surface area contributed by atoms with Crippen molar-refractivity contribution in [3.8, 4) is 5.69 Å². The van der Waals surface area contributed by atoms with Crippen molar-refractivity contribution in [1.82, 2.24) is 19.7 Å². The smallest absolute Gasteiger partial charge is 0.314 e. The highest BCUT2D eigenvalue weighted by atomic mass is 16.2. The van der Waals surface area contributed by atoms with Crippen LogP contribution in [0.5, 0.6) is 0 Å². The number of piperidine rings is 1. The number of urea groups is 1. The Hall–Kier alpha value is -2.37. The van der Waals surface area contributed by atoms with Crippen LogP contribution < -0.4 is 5.73 Å². The largest absolute Gasteiger partial charge is 0.351 e. The third kappa shape index (κ3) is 3.13. The Kier molecular flexibility index (Phi) is 3.98. The number of hydrogen-bond acceptors (Lipinski definition) is 3. The molecule has 6 nitrogen and oxygen atoms in total. The molecule has 2 aromatic rings. The summed E-state index contributed by atoms with van der Waals surface area (Å²) in [6, 6.07) is 6.05. The van der Waals surface area contributed by atoms with E-state index in [-0.39, 0.29) is 11.9 Å². The molecule has 1 saturated heterocycles. The molecule has 2 aliphatic rings. The molecular weight excluding hydrogens is 314 g/mol. The fourth-order valence-electron chi connectivity index (χ4n) is 3.55. The van der Waals surface area contributed by atoms with Crippen LogP contribution in [0.15, 0.2) is 18.2 Å². The Bertz CT molecular complexity index is 808. The van der Waals surface area contributed by atoms with Crippen molar-refractivity contribution in [2.75, 3.05) is 13.1 Å². The number of amides is 2. The zero-order valence-corrected chi connectivity index (χ0v) is 14.9. The van der Waals surface area contributed by atoms with E-state index >= 15 is 0 Å². The first-order chi connectivity index (χ1) is 12.0. The van der Waals surface area contributed by atoms with E-state index in [0.717, 1.165) is 36.7 Å². The third-order valence-electron chi connectivity index (χ3n) is 5.42. The zero-order chi connectivity index (χ0) is 17.6. The van der Waals surface area contributed by atoms with E-state index in [4.69, 9.17) is 15.8 Å². The van der Waals surface area contributed by atoms with Crippen LogP contribution in [0.3, 0.4) is 0 Å². The monoisotopic (exact) mass is 339 g/mol. The van der Waals surface area contributed by atoms with E-state index < -0.39 is 0 Å². The van der Waals surface area contributed by atoms with E-state index in [1.807, 2.05) is 4.68 Å². The van der Waals surface area contributed by atoms with Crippen LogP contribution in [0.2, 0.25) is 0 Å². The van der Waals surface area contributed by atoms with Gasteiger partial charge in [-0.15, -0.1) is 0 Å². The first kappa shape index (κ1) is 16.1. The summed E-state index contributed by atoms with van der Waals surface area (Å²) in [7, 11) is 0. The fraction of sp³-hybridized carbons (Fsp3) is 0.526. The van der Waals surface area contributed by atoms with E-state index in [1.165, 1.54) is 24.0 Å². The lowest BCUT2D eigenvalue weighted by Crippen LogP contribution is -2.42. The molecule has 1 aromatic carbocycles. The van der Waals surface area contributed by atoms with Gasteiger partial charge in [-0.3, -0.25) is 0 Å². The molecule has 1 atom stereocenters. The van der Waals surface area contributed by atoms with Gasteiger partial charge in [0.1, 0.15) is 5.82 Å². The van der Waals surface area contributed by atoms with Gasteiger partial charge >= 0.3 is 6.03 Å². The van der Waals surface area contributed by atoms with E-state index in [0.29, 0.717) is 12.5 Å². The number of nitrogens with two attached hydrogens (primary N) is 1. The van der Waals surface area contributed by atoms with Gasteiger partial charge in [0.05, 0.1) is 5.69 Å². The summed E-state index contributed by atoms with van der Waals surface area (Å²) in [6.07, 6.45) is 4.31. The first-order valence-corrected chi connectivity index (χ1v) is 9.12. The summed E-state index contributed by atoms with van der Waals surface area (Å²) < 4.78 is 2.00. The second kappa shape index (κ2) is 6.17. The number of nitrogens with zero attached hydrogens (tertiary/aromatic N) is 4. The molecule has 0 bridgehead atoms. The molecule has 1 aliphatic heterocycles. The summed E-state index contributed by atoms with van der Waals surface area (Å²) in [5.74, 6) is 2.60. The molecule has 4 rings (SSSR count). The molecular formula is C19H25N5O. The highest BCUT2D eigenvalue weighted by molar-refractivity contribution is 5.72. The lowest BCUT2D eigenvalue weighted by molar-refractivity contribution is 0.187. The standard InChI is InChI=1S/C19H25N5O/c1-12-5-8-16(10-13(12)2)24-18(21-17(22-24)14-6-7-14)15-4-3-9-23(11-15)19(20)25/h5,8,10,14-15H,3-4,6-7,9,11H2,1-2H3,(H2,20,25). The van der Waals surface area contributed by atoms with Crippen molar-refractivity contribution >= 4 is 6.03 Å². The fourth-order valence-corrected chi connectivity index (χ4v) is 3.55. The molecule has 0 radical (unpaired) electrons. The zero-order valence-electron chi connectivity index (χ0n) is 14.9. The van der Waals surface area contributed by atoms with Crippen molar-refractivity contribution < 1.29 is 4.79 Å². The van der Waals surface area contributed by atoms with Gasteiger partial charge in [-0.1, -0.05) is 6.07 Å². The van der Waals surface area contributed by atoms with Gasteiger partial charge < -0.3 is 10.6 Å². The lowest BCUT2D eigenvalue weighted by Gasteiger charge is -2.31. The Morgan fingerprint density at radius 1 is 1.16 bits per heavy atom. The SMILES string of the molecule is Cc1ccc(-n2nc(C3CC3)nc2C2CCCN(C(N)=O)C2)cc1C. The predicted octanol–water partition coefficient (Wildman–Crippen LogP) is 3.02. The van der Waals surface area contributed by atoms with Crippen LogP contribution in [0.4, 0.5) is 4.79 Å². The number of primary amides is 1. The molecule has 6 heteroatoms. The molecule has 0 spiro atoms. The maximum atomic E-state index is 11.6. The Morgan fingerprint density at radius 2 is 1.96 bits per heavy atom. The number of aromatic nitrogens is 3. The van der Waals surface area contributed by atoms with Gasteiger partial charge in [-0.2, -0.15) is 5.10 Å². The van der Waals surface area contributed by atoms with Gasteiger partial charge in [-0.05, 0) is 62.8 Å². The van der Waals surface area contributed by atoms with Gasteiger partial charge in [0.25, 0.3) is 0 Å². The maximum absolute atomic E-state index is 11.6. The minimum absolute atomic E-state index is 0.183. The van der Waals surface area contributed by atoms with Crippen molar-refractivity contribution in [2.45, 2.75) is 51.4 Å². The van der Waals surface area contributed by atoms with Crippen LogP contribution in [-0.2, 0) is 0 Å². The third-order valence-corrected chi connectivity index (χ3v) is 5.42. The summed E-state index contributed by atoms with van der Waals surface area (Å²) in [6.45, 7) is 5.59. The number of carbonyl (C=O) groups is 1. The first-order valence-electron chi connectivity index (χ1n) is 9.12. The van der Waals surface area contributed by atoms with E-state index in [2.05, 4.69) is 32.0 Å². The normalized spacial score (nSPS) is 20.7. The van der Waals surface area contributed by atoms with Crippen molar-refractivity contribution in [3.63, 3.8) is 0 Å². The molecule has 2 fully saturated rings. The van der Waals surface area contributed by atoms with Crippen LogP contribution in [-0.4, -0.2) is 38.8 Å². The second-order valence-electron chi connectivity index (χ2n) is 7.41. The van der Waals surface area contributed by atoms with Gasteiger partial charge in [0.15, 0.2) is 5.82 Å². The van der Waals surface area contributed by atoms with Gasteiger partial charge in [0.2, 0.25) is 0 Å². The molecule has 2 heterocycles. The predicted molar refractivity (Wildman–Crippen MR) is 95.9 cm³/mol. The minimum atomic E-state index is -0.343. The van der Waals surface area contributed by atoms with Crippen LogP contribution >= 0.6 is 0 Å². The van der Waals surface area contributed by atoms with Crippen molar-refractivity contribution in [1.29, 1.82) is 0 Å². The molecule has 1 aliphatic carbocycles. The summed E-state index contributed by atoms with van der Waals surface area (Å²) in [5, 5.41) is 4.83. The average molecular weight is 339 g/mol. The lowest BCUT2D eigenvalue weighted by atomic mass is 9.97. The Morgan fingerprint density at radius 3 is 2.64 bits per heavy atom. The maximum Gasteiger partial charge on any atom is 0.314 e. The van der Waals surface area contributed by atoms with Crippen molar-refractivity contribution in [3.05, 3.63) is 41.0 Å². The second-order valence-corrected chi connectivity index (χ2v) is 7.41. The number of carbonyl (C=O) groups excluding carboxylic acids is 1. The van der Waals surface area contributed by atoms with Gasteiger partial charge in [-0.25, -0.2) is 14.5 Å². The molecule has 1 saturated carbocycles. The molecule has 1 unspecified atom stereocenters. The molecule has 132 valence electrons. The number of aryl methyl sites for hydroxylation is 2. The summed E-state index contributed by atoms with van der Waals surface area (Å²) >= 11 is 0. The number of likely N-dealkylation sites (tertiary alicyclic amines) is 1. The average Bonchev–Trinajstić information content (AvgIpc) is 3.36. The highest BCUT2D eigenvalue weighted by Gasteiger charge is 2.33. The highest BCUT2D eigenvalue weighted by Crippen LogP contribution is 2.39. The van der Waals surface area contributed by atoms with Crippen LogP contribution in [0, 0.1) is 13.8 Å². The van der Waals surface area contributed by atoms with E-state index in [1.54, 1.807) is 4.90 Å². The molecule has 2 amide bonds. The Labute approximate surface area is 148 Å². The number of hydrogen-bond donors (Lipinski definition) is 1. The minimum Gasteiger partial charge on any atom is -0.351 e. The van der Waals surface area contributed by atoms with Crippen LogP contribution in [0.25, 0.3) is 5.69 Å². The number of benzene rings is 1. The number of rotatable bonds is 3. The quantitative estimate of drug-likeness (QED) is 0.934. The molecule has 2 N–H and O–H groups in total. The summed E-state index contributed by atoms with van der Waals surface area (Å²) in [5.41, 5.74) is 9.06. The Balaban J connectivity index is 1.73. The topological polar surface area (TPSA) is 77.0 Å². The van der Waals surface area contributed by atoms with E-state index in [9.17, 15) is 4.79 Å².